The maximum atomic E-state index is 12.6. The summed E-state index contributed by atoms with van der Waals surface area (Å²) in [5.41, 5.74) is 4.73. The molecule has 8 nitrogen and oxygen atoms in total. The molecule has 0 amide bonds. The number of pyridine rings is 1. The van der Waals surface area contributed by atoms with Crippen LogP contribution in [0.1, 0.15) is 35.0 Å². The van der Waals surface area contributed by atoms with E-state index in [1.54, 1.807) is 25.6 Å². The van der Waals surface area contributed by atoms with Gasteiger partial charge in [-0.15, -0.1) is 0 Å². The van der Waals surface area contributed by atoms with Crippen molar-refractivity contribution in [2.45, 2.75) is 33.7 Å². The third-order valence-electron chi connectivity index (χ3n) is 5.10. The van der Waals surface area contributed by atoms with Gasteiger partial charge in [-0.3, -0.25) is 0 Å². The summed E-state index contributed by atoms with van der Waals surface area (Å²) >= 11 is 0. The molecule has 3 heterocycles. The van der Waals surface area contributed by atoms with Gasteiger partial charge in [0.15, 0.2) is 5.65 Å². The molecular formula is C23H26N6O2. The molecule has 160 valence electrons. The number of fused-ring (bicyclic) bond motifs is 1. The fraction of sp³-hybridized carbons (Fsp3) is 0.304. The van der Waals surface area contributed by atoms with Gasteiger partial charge in [0.25, 0.3) is 0 Å². The van der Waals surface area contributed by atoms with Crippen molar-refractivity contribution in [1.29, 1.82) is 0 Å². The number of nitrogens with zero attached hydrogens (tertiary/aromatic N) is 5. The Morgan fingerprint density at radius 3 is 2.71 bits per heavy atom. The Labute approximate surface area is 180 Å². The van der Waals surface area contributed by atoms with Gasteiger partial charge < -0.3 is 14.6 Å². The zero-order valence-electron chi connectivity index (χ0n) is 18.0. The molecule has 0 saturated carbocycles. The highest BCUT2D eigenvalue weighted by atomic mass is 16.5. The molecule has 0 aliphatic heterocycles. The molecule has 0 aliphatic rings. The van der Waals surface area contributed by atoms with Gasteiger partial charge in [-0.2, -0.15) is 5.10 Å². The predicted octanol–water partition coefficient (Wildman–Crippen LogP) is 3.91. The molecule has 4 rings (SSSR count). The Hall–Kier alpha value is -3.68. The molecule has 0 unspecified atom stereocenters. The minimum Gasteiger partial charge on any atom is -0.462 e. The topological polar surface area (TPSA) is 86.9 Å². The maximum absolute atomic E-state index is 12.6. The summed E-state index contributed by atoms with van der Waals surface area (Å²) < 4.78 is 9.11. The van der Waals surface area contributed by atoms with Crippen molar-refractivity contribution in [2.24, 2.45) is 0 Å². The Balaban J connectivity index is 1.71. The van der Waals surface area contributed by atoms with Gasteiger partial charge in [0, 0.05) is 31.7 Å². The van der Waals surface area contributed by atoms with Crippen LogP contribution in [0.3, 0.4) is 0 Å². The van der Waals surface area contributed by atoms with E-state index in [4.69, 9.17) is 9.84 Å². The number of carbonyl (C=O) groups is 1. The number of aryl methyl sites for hydroxylation is 3. The summed E-state index contributed by atoms with van der Waals surface area (Å²) in [5.74, 6) is -0.392. The molecule has 3 aromatic heterocycles. The van der Waals surface area contributed by atoms with E-state index in [1.807, 2.05) is 53.6 Å². The number of rotatable bonds is 8. The van der Waals surface area contributed by atoms with E-state index in [0.717, 1.165) is 29.7 Å². The zero-order chi connectivity index (χ0) is 21.8. The molecule has 1 N–H and O–H groups in total. The van der Waals surface area contributed by atoms with Gasteiger partial charge in [0.05, 0.1) is 35.4 Å². The lowest BCUT2D eigenvalue weighted by Gasteiger charge is -2.13. The second-order valence-corrected chi connectivity index (χ2v) is 7.38. The van der Waals surface area contributed by atoms with Crippen LogP contribution in [0.15, 0.2) is 49.2 Å². The monoisotopic (exact) mass is 418 g/mol. The van der Waals surface area contributed by atoms with Crippen LogP contribution in [0.5, 0.6) is 0 Å². The second kappa shape index (κ2) is 8.99. The van der Waals surface area contributed by atoms with Crippen LogP contribution in [-0.4, -0.2) is 43.4 Å². The number of ether oxygens (including phenoxy) is 1. The van der Waals surface area contributed by atoms with Gasteiger partial charge in [-0.25, -0.2) is 19.4 Å². The summed E-state index contributed by atoms with van der Waals surface area (Å²) in [4.78, 5) is 21.3. The number of nitrogens with one attached hydrogen (secondary N) is 1. The van der Waals surface area contributed by atoms with Gasteiger partial charge in [0.1, 0.15) is 5.56 Å². The molecule has 0 saturated heterocycles. The Kier molecular flexibility index (Phi) is 5.97. The smallest absolute Gasteiger partial charge is 0.341 e. The number of hydrogen-bond donors (Lipinski definition) is 1. The standard InChI is InChI=1S/C23H26N6O2/c1-4-31-23(30)19-14-26-22-20(21(19)25-10-5-12-28-13-11-24-15-28)17(3)27-29(22)18-8-6-16(2)7-9-18/h6-9,11,13-15H,4-5,10,12H2,1-3H3,(H,25,26). The molecule has 0 bridgehead atoms. The molecule has 0 fully saturated rings. The first-order valence-corrected chi connectivity index (χ1v) is 10.4. The van der Waals surface area contributed by atoms with Crippen molar-refractivity contribution in [2.75, 3.05) is 18.5 Å². The fourth-order valence-electron chi connectivity index (χ4n) is 3.56. The highest BCUT2D eigenvalue weighted by Crippen LogP contribution is 2.31. The molecule has 4 aromatic rings. The van der Waals surface area contributed by atoms with E-state index in [9.17, 15) is 4.79 Å². The molecule has 0 atom stereocenters. The van der Waals surface area contributed by atoms with Crippen LogP contribution in [0.4, 0.5) is 5.69 Å². The SMILES string of the molecule is CCOC(=O)c1cnc2c(c(C)nn2-c2ccc(C)cc2)c1NCCCn1ccnc1. The summed E-state index contributed by atoms with van der Waals surface area (Å²) in [5, 5.41) is 8.99. The fourth-order valence-corrected chi connectivity index (χ4v) is 3.56. The van der Waals surface area contributed by atoms with Crippen LogP contribution >= 0.6 is 0 Å². The van der Waals surface area contributed by atoms with Crippen molar-refractivity contribution in [3.63, 3.8) is 0 Å². The Morgan fingerprint density at radius 2 is 2.00 bits per heavy atom. The van der Waals surface area contributed by atoms with Crippen molar-refractivity contribution >= 4 is 22.7 Å². The first kappa shape index (κ1) is 20.6. The Bertz CT molecular complexity index is 1180. The van der Waals surface area contributed by atoms with Crippen LogP contribution in [0.25, 0.3) is 16.7 Å². The maximum Gasteiger partial charge on any atom is 0.341 e. The van der Waals surface area contributed by atoms with E-state index in [1.165, 1.54) is 5.56 Å². The third-order valence-corrected chi connectivity index (χ3v) is 5.10. The molecule has 0 radical (unpaired) electrons. The number of benzene rings is 1. The number of anilines is 1. The minimum atomic E-state index is -0.392. The minimum absolute atomic E-state index is 0.304. The van der Waals surface area contributed by atoms with Crippen LogP contribution < -0.4 is 5.32 Å². The average Bonchev–Trinajstić information content (AvgIpc) is 3.40. The Morgan fingerprint density at radius 1 is 1.19 bits per heavy atom. The highest BCUT2D eigenvalue weighted by Gasteiger charge is 2.21. The van der Waals surface area contributed by atoms with E-state index >= 15 is 0 Å². The summed E-state index contributed by atoms with van der Waals surface area (Å²) in [6.07, 6.45) is 7.94. The lowest BCUT2D eigenvalue weighted by Crippen LogP contribution is -2.13. The van der Waals surface area contributed by atoms with E-state index < -0.39 is 5.97 Å². The molecule has 0 aliphatic carbocycles. The van der Waals surface area contributed by atoms with E-state index in [0.29, 0.717) is 30.0 Å². The van der Waals surface area contributed by atoms with Crippen LogP contribution in [0, 0.1) is 13.8 Å². The summed E-state index contributed by atoms with van der Waals surface area (Å²) in [6.45, 7) is 7.59. The van der Waals surface area contributed by atoms with Gasteiger partial charge in [-0.05, 0) is 39.3 Å². The lowest BCUT2D eigenvalue weighted by molar-refractivity contribution is 0.0527. The lowest BCUT2D eigenvalue weighted by atomic mass is 10.1. The van der Waals surface area contributed by atoms with Crippen LogP contribution in [0.2, 0.25) is 0 Å². The predicted molar refractivity (Wildman–Crippen MR) is 120 cm³/mol. The quantitative estimate of drug-likeness (QED) is 0.345. The zero-order valence-corrected chi connectivity index (χ0v) is 18.0. The van der Waals surface area contributed by atoms with Crippen molar-refractivity contribution in [1.82, 2.24) is 24.3 Å². The van der Waals surface area contributed by atoms with Crippen LogP contribution in [-0.2, 0) is 11.3 Å². The molecule has 8 heteroatoms. The first-order chi connectivity index (χ1) is 15.1. The second-order valence-electron chi connectivity index (χ2n) is 7.38. The number of esters is 1. The van der Waals surface area contributed by atoms with Gasteiger partial charge in [-0.1, -0.05) is 17.7 Å². The van der Waals surface area contributed by atoms with E-state index in [2.05, 4.69) is 15.3 Å². The summed E-state index contributed by atoms with van der Waals surface area (Å²) in [7, 11) is 0. The number of carbonyl (C=O) groups excluding carboxylic acids is 1. The largest absolute Gasteiger partial charge is 0.462 e. The van der Waals surface area contributed by atoms with Gasteiger partial charge in [0.2, 0.25) is 0 Å². The first-order valence-electron chi connectivity index (χ1n) is 10.4. The number of aromatic nitrogens is 5. The normalized spacial score (nSPS) is 11.1. The third kappa shape index (κ3) is 4.28. The average molecular weight is 419 g/mol. The highest BCUT2D eigenvalue weighted by molar-refractivity contribution is 6.05. The van der Waals surface area contributed by atoms with E-state index in [-0.39, 0.29) is 0 Å². The number of imidazole rings is 1. The summed E-state index contributed by atoms with van der Waals surface area (Å²) in [6, 6.07) is 8.11. The molecule has 31 heavy (non-hydrogen) atoms. The van der Waals surface area contributed by atoms with Crippen molar-refractivity contribution in [3.8, 4) is 5.69 Å². The van der Waals surface area contributed by atoms with Crippen molar-refractivity contribution < 1.29 is 9.53 Å². The molecular weight excluding hydrogens is 392 g/mol. The molecule has 0 spiro atoms. The number of hydrogen-bond acceptors (Lipinski definition) is 6. The van der Waals surface area contributed by atoms with Gasteiger partial charge >= 0.3 is 5.97 Å². The molecule has 1 aromatic carbocycles. The van der Waals surface area contributed by atoms with Crippen molar-refractivity contribution in [3.05, 3.63) is 66.0 Å².